The number of nitrogens with zero attached hydrogens (tertiary/aromatic N) is 1. The largest absolute Gasteiger partial charge is 0.300 e. The van der Waals surface area contributed by atoms with Gasteiger partial charge in [0.1, 0.15) is 5.78 Å². The van der Waals surface area contributed by atoms with E-state index in [0.29, 0.717) is 31.8 Å². The lowest BCUT2D eigenvalue weighted by Gasteiger charge is -2.30. The molecule has 1 saturated heterocycles. The van der Waals surface area contributed by atoms with E-state index in [1.54, 1.807) is 6.08 Å². The second-order valence-electron chi connectivity index (χ2n) is 3.07. The first-order valence-corrected chi connectivity index (χ1v) is 4.26. The van der Waals surface area contributed by atoms with E-state index in [0.717, 1.165) is 0 Å². The Labute approximate surface area is 73.0 Å². The molecule has 0 bridgehead atoms. The van der Waals surface area contributed by atoms with Gasteiger partial charge in [0, 0.05) is 25.4 Å². The molecule has 0 aromatic carbocycles. The fraction of sp³-hybridized carbons (Fsp3) is 0.667. The number of carbonyl (C=O) groups excluding carboxylic acids is 1. The van der Waals surface area contributed by atoms with E-state index >= 15 is 0 Å². The number of hydroxylamine groups is 2. The van der Waals surface area contributed by atoms with E-state index in [9.17, 15) is 4.79 Å². The van der Waals surface area contributed by atoms with E-state index < -0.39 is 0 Å². The van der Waals surface area contributed by atoms with Crippen molar-refractivity contribution in [3.63, 3.8) is 0 Å². The second-order valence-corrected chi connectivity index (χ2v) is 3.07. The van der Waals surface area contributed by atoms with E-state index in [-0.39, 0.29) is 6.04 Å². The van der Waals surface area contributed by atoms with Gasteiger partial charge in [-0.15, -0.1) is 6.58 Å². The Bertz CT molecular complexity index is 177. The molecule has 0 spiro atoms. The molecular weight excluding hydrogens is 154 g/mol. The lowest BCUT2D eigenvalue weighted by molar-refractivity contribution is -0.186. The number of carbonyl (C=O) groups is 1. The zero-order valence-corrected chi connectivity index (χ0v) is 7.45. The Morgan fingerprint density at radius 2 is 2.58 bits per heavy atom. The molecule has 1 unspecified atom stereocenters. The minimum Gasteiger partial charge on any atom is -0.300 e. The Kier molecular flexibility index (Phi) is 3.44. The predicted molar refractivity (Wildman–Crippen MR) is 46.6 cm³/mol. The van der Waals surface area contributed by atoms with Crippen LogP contribution in [0.3, 0.4) is 0 Å². The van der Waals surface area contributed by atoms with Crippen molar-refractivity contribution < 1.29 is 9.63 Å². The summed E-state index contributed by atoms with van der Waals surface area (Å²) in [4.78, 5) is 16.3. The normalized spacial score (nSPS) is 25.8. The highest BCUT2D eigenvalue weighted by Gasteiger charge is 2.23. The van der Waals surface area contributed by atoms with Crippen molar-refractivity contribution in [2.45, 2.75) is 25.8 Å². The molecule has 0 saturated carbocycles. The summed E-state index contributed by atoms with van der Waals surface area (Å²) in [5.41, 5.74) is 0. The minimum absolute atomic E-state index is 0.214. The van der Waals surface area contributed by atoms with Gasteiger partial charge in [0.2, 0.25) is 0 Å². The summed E-state index contributed by atoms with van der Waals surface area (Å²) in [5, 5.41) is 1.86. The van der Waals surface area contributed by atoms with Gasteiger partial charge >= 0.3 is 0 Å². The molecule has 0 aromatic heterocycles. The number of piperidine rings is 1. The first-order valence-electron chi connectivity index (χ1n) is 4.26. The lowest BCUT2D eigenvalue weighted by Crippen LogP contribution is -2.40. The van der Waals surface area contributed by atoms with Gasteiger partial charge in [0.05, 0.1) is 6.61 Å². The Balaban J connectivity index is 2.34. The topological polar surface area (TPSA) is 29.5 Å². The summed E-state index contributed by atoms with van der Waals surface area (Å²) in [5.74, 6) is 0.334. The van der Waals surface area contributed by atoms with Crippen LogP contribution in [0.5, 0.6) is 0 Å². The molecule has 1 rings (SSSR count). The number of hydrogen-bond acceptors (Lipinski definition) is 3. The molecule has 0 N–H and O–H groups in total. The van der Waals surface area contributed by atoms with Crippen LogP contribution in [0.2, 0.25) is 0 Å². The van der Waals surface area contributed by atoms with Crippen LogP contribution in [0.1, 0.15) is 19.8 Å². The van der Waals surface area contributed by atoms with Crippen LogP contribution in [-0.4, -0.2) is 30.0 Å². The zero-order valence-electron chi connectivity index (χ0n) is 7.45. The highest BCUT2D eigenvalue weighted by molar-refractivity contribution is 5.79. The predicted octanol–water partition coefficient (Wildman–Crippen LogP) is 1.16. The van der Waals surface area contributed by atoms with Crippen LogP contribution in [0.4, 0.5) is 0 Å². The molecule has 0 aromatic rings. The van der Waals surface area contributed by atoms with E-state index in [1.165, 1.54) is 0 Å². The number of Topliss-reactive ketones (excluding diaryl/α,β-unsaturated/α-hetero) is 1. The Morgan fingerprint density at radius 1 is 1.83 bits per heavy atom. The summed E-state index contributed by atoms with van der Waals surface area (Å²) in [6.07, 6.45) is 2.93. The number of rotatable bonds is 3. The molecule has 1 heterocycles. The third-order valence-corrected chi connectivity index (χ3v) is 1.98. The molecule has 3 heteroatoms. The first-order chi connectivity index (χ1) is 5.74. The van der Waals surface area contributed by atoms with Gasteiger partial charge in [-0.1, -0.05) is 6.08 Å². The molecule has 1 fully saturated rings. The minimum atomic E-state index is 0.214. The summed E-state index contributed by atoms with van der Waals surface area (Å²) < 4.78 is 0. The summed E-state index contributed by atoms with van der Waals surface area (Å²) >= 11 is 0. The van der Waals surface area contributed by atoms with Gasteiger partial charge in [0.15, 0.2) is 0 Å². The maximum Gasteiger partial charge on any atom is 0.135 e. The summed E-state index contributed by atoms with van der Waals surface area (Å²) in [6.45, 7) is 6.81. The van der Waals surface area contributed by atoms with Crippen LogP contribution in [0.15, 0.2) is 12.7 Å². The average Bonchev–Trinajstić information content (AvgIpc) is 2.03. The molecule has 0 radical (unpaired) electrons. The first kappa shape index (κ1) is 9.42. The van der Waals surface area contributed by atoms with Gasteiger partial charge in [-0.05, 0) is 6.92 Å². The molecule has 1 aliphatic heterocycles. The van der Waals surface area contributed by atoms with Crippen LogP contribution >= 0.6 is 0 Å². The van der Waals surface area contributed by atoms with Crippen molar-refractivity contribution in [2.75, 3.05) is 13.2 Å². The molecule has 1 atom stereocenters. The fourth-order valence-electron chi connectivity index (χ4n) is 1.33. The van der Waals surface area contributed by atoms with Crippen molar-refractivity contribution >= 4 is 5.78 Å². The summed E-state index contributed by atoms with van der Waals surface area (Å²) in [7, 11) is 0. The van der Waals surface area contributed by atoms with Crippen LogP contribution in [0, 0.1) is 0 Å². The van der Waals surface area contributed by atoms with Crippen LogP contribution in [-0.2, 0) is 9.63 Å². The van der Waals surface area contributed by atoms with E-state index in [1.807, 2.05) is 12.0 Å². The Morgan fingerprint density at radius 3 is 3.17 bits per heavy atom. The van der Waals surface area contributed by atoms with Gasteiger partial charge in [-0.25, -0.2) is 0 Å². The second kappa shape index (κ2) is 4.38. The molecule has 0 amide bonds. The zero-order chi connectivity index (χ0) is 8.97. The maximum absolute atomic E-state index is 11.0. The highest BCUT2D eigenvalue weighted by atomic mass is 16.7. The number of hydrogen-bond donors (Lipinski definition) is 0. The average molecular weight is 169 g/mol. The van der Waals surface area contributed by atoms with Gasteiger partial charge in [-0.2, -0.15) is 5.06 Å². The van der Waals surface area contributed by atoms with E-state index in [2.05, 4.69) is 6.58 Å². The number of ketones is 1. The molecule has 68 valence electrons. The molecular formula is C9H15NO2. The maximum atomic E-state index is 11.0. The van der Waals surface area contributed by atoms with Gasteiger partial charge in [-0.3, -0.25) is 9.63 Å². The van der Waals surface area contributed by atoms with Gasteiger partial charge in [0.25, 0.3) is 0 Å². The van der Waals surface area contributed by atoms with E-state index in [4.69, 9.17) is 4.84 Å². The quantitative estimate of drug-likeness (QED) is 0.594. The lowest BCUT2D eigenvalue weighted by atomic mass is 10.1. The third-order valence-electron chi connectivity index (χ3n) is 1.98. The highest BCUT2D eigenvalue weighted by Crippen LogP contribution is 2.13. The van der Waals surface area contributed by atoms with Crippen LogP contribution in [0.25, 0.3) is 0 Å². The van der Waals surface area contributed by atoms with Crippen molar-refractivity contribution in [3.05, 3.63) is 12.7 Å². The Hall–Kier alpha value is -0.670. The monoisotopic (exact) mass is 169 g/mol. The van der Waals surface area contributed by atoms with Crippen molar-refractivity contribution in [2.24, 2.45) is 0 Å². The van der Waals surface area contributed by atoms with Crippen molar-refractivity contribution in [1.29, 1.82) is 0 Å². The standard InChI is InChI=1S/C9H15NO2/c1-3-6-12-10-5-4-9(11)7-8(10)2/h3,8H,1,4-7H2,2H3. The van der Waals surface area contributed by atoms with Crippen LogP contribution < -0.4 is 0 Å². The fourth-order valence-corrected chi connectivity index (χ4v) is 1.33. The molecule has 0 aliphatic carbocycles. The third kappa shape index (κ3) is 2.43. The molecule has 1 aliphatic rings. The van der Waals surface area contributed by atoms with Crippen molar-refractivity contribution in [3.8, 4) is 0 Å². The molecule has 3 nitrogen and oxygen atoms in total. The van der Waals surface area contributed by atoms with Crippen molar-refractivity contribution in [1.82, 2.24) is 5.06 Å². The van der Waals surface area contributed by atoms with Gasteiger partial charge < -0.3 is 0 Å². The smallest absolute Gasteiger partial charge is 0.135 e. The summed E-state index contributed by atoms with van der Waals surface area (Å²) in [6, 6.07) is 0.214. The SMILES string of the molecule is C=CCON1CCC(=O)CC1C. The molecule has 12 heavy (non-hydrogen) atoms.